The Morgan fingerprint density at radius 2 is 1.23 bits per heavy atom. The zero-order valence-electron chi connectivity index (χ0n) is 21.6. The van der Waals surface area contributed by atoms with E-state index < -0.39 is 36.3 Å². The lowest BCUT2D eigenvalue weighted by atomic mass is 9.91. The van der Waals surface area contributed by atoms with E-state index in [-0.39, 0.29) is 32.3 Å². The molecule has 4 atom stereocenters. The third-order valence-corrected chi connectivity index (χ3v) is 6.54. The first kappa shape index (κ1) is 28.0. The third-order valence-electron chi connectivity index (χ3n) is 6.54. The average Bonchev–Trinajstić information content (AvgIpc) is 3.48. The number of nitrogens with zero attached hydrogens (tertiary/aromatic N) is 2. The van der Waals surface area contributed by atoms with E-state index in [1.807, 2.05) is 91.0 Å². The highest BCUT2D eigenvalue weighted by Gasteiger charge is 2.47. The first-order chi connectivity index (χ1) is 19.5. The highest BCUT2D eigenvalue weighted by atomic mass is 19.4. The smallest absolute Gasteiger partial charge is 0.417 e. The fraction of sp³-hybridized carbons (Fsp3) is 0.333. The van der Waals surface area contributed by atoms with Gasteiger partial charge in [0, 0.05) is 0 Å². The summed E-state index contributed by atoms with van der Waals surface area (Å²) in [5, 5.41) is 6.93. The van der Waals surface area contributed by atoms with Crippen molar-refractivity contribution in [2.45, 2.75) is 50.2 Å². The SMILES string of the molecule is FC(F)(F)c1nnc(C2COC(COCc3ccccc3)C(OCc3ccccc3)C2OCc2ccccc2)o1. The number of rotatable bonds is 11. The van der Waals surface area contributed by atoms with Crippen LogP contribution in [0.15, 0.2) is 95.4 Å². The van der Waals surface area contributed by atoms with Gasteiger partial charge in [-0.3, -0.25) is 0 Å². The monoisotopic (exact) mass is 554 g/mol. The molecule has 1 saturated heterocycles. The molecular weight excluding hydrogens is 525 g/mol. The van der Waals surface area contributed by atoms with E-state index in [9.17, 15) is 13.2 Å². The maximum absolute atomic E-state index is 13.3. The second-order valence-electron chi connectivity index (χ2n) is 9.44. The molecule has 0 N–H and O–H groups in total. The van der Waals surface area contributed by atoms with Crippen LogP contribution < -0.4 is 0 Å². The molecule has 3 aromatic carbocycles. The molecule has 4 aromatic rings. The summed E-state index contributed by atoms with van der Waals surface area (Å²) < 4.78 is 69.7. The van der Waals surface area contributed by atoms with Gasteiger partial charge in [0.15, 0.2) is 0 Å². The highest BCUT2D eigenvalue weighted by Crippen LogP contribution is 2.36. The largest absolute Gasteiger partial charge is 0.470 e. The van der Waals surface area contributed by atoms with E-state index in [1.165, 1.54) is 0 Å². The van der Waals surface area contributed by atoms with E-state index in [0.717, 1.165) is 16.7 Å². The predicted molar refractivity (Wildman–Crippen MR) is 138 cm³/mol. The maximum Gasteiger partial charge on any atom is 0.470 e. The predicted octanol–water partition coefficient (Wildman–Crippen LogP) is 5.96. The second-order valence-corrected chi connectivity index (χ2v) is 9.44. The van der Waals surface area contributed by atoms with E-state index in [4.69, 9.17) is 23.4 Å². The van der Waals surface area contributed by atoms with Gasteiger partial charge in [-0.15, -0.1) is 10.2 Å². The molecule has 1 fully saturated rings. The number of hydrogen-bond donors (Lipinski definition) is 0. The van der Waals surface area contributed by atoms with Gasteiger partial charge in [-0.25, -0.2) is 0 Å². The zero-order chi connectivity index (χ0) is 27.8. The fourth-order valence-corrected chi connectivity index (χ4v) is 4.52. The van der Waals surface area contributed by atoms with Crippen LogP contribution in [0.2, 0.25) is 0 Å². The van der Waals surface area contributed by atoms with Crippen LogP contribution in [0.4, 0.5) is 13.2 Å². The van der Waals surface area contributed by atoms with Crippen molar-refractivity contribution < 1.29 is 36.5 Å². The van der Waals surface area contributed by atoms with Gasteiger partial charge >= 0.3 is 12.1 Å². The normalized spacial score (nSPS) is 21.4. The summed E-state index contributed by atoms with van der Waals surface area (Å²) in [7, 11) is 0. The summed E-state index contributed by atoms with van der Waals surface area (Å²) in [6.07, 6.45) is -6.79. The topological polar surface area (TPSA) is 75.8 Å². The molecule has 0 aliphatic carbocycles. The molecule has 0 bridgehead atoms. The minimum absolute atomic E-state index is 0.0104. The van der Waals surface area contributed by atoms with Crippen LogP contribution in [0.5, 0.6) is 0 Å². The fourth-order valence-electron chi connectivity index (χ4n) is 4.52. The lowest BCUT2D eigenvalue weighted by Crippen LogP contribution is -2.53. The van der Waals surface area contributed by atoms with Crippen LogP contribution >= 0.6 is 0 Å². The summed E-state index contributed by atoms with van der Waals surface area (Å²) in [6, 6.07) is 28.7. The minimum atomic E-state index is -4.77. The Balaban J connectivity index is 1.40. The Bertz CT molecular complexity index is 1310. The number of halogens is 3. The number of aromatic nitrogens is 2. The second kappa shape index (κ2) is 13.2. The van der Waals surface area contributed by atoms with Crippen LogP contribution in [0, 0.1) is 0 Å². The average molecular weight is 555 g/mol. The van der Waals surface area contributed by atoms with Crippen LogP contribution in [0.25, 0.3) is 0 Å². The van der Waals surface area contributed by atoms with Crippen molar-refractivity contribution in [3.05, 3.63) is 119 Å². The zero-order valence-corrected chi connectivity index (χ0v) is 21.6. The minimum Gasteiger partial charge on any atom is -0.417 e. The number of ether oxygens (including phenoxy) is 4. The van der Waals surface area contributed by atoms with Crippen LogP contribution in [-0.4, -0.2) is 41.7 Å². The highest BCUT2D eigenvalue weighted by molar-refractivity contribution is 5.16. The number of hydrogen-bond acceptors (Lipinski definition) is 7. The number of alkyl halides is 3. The summed E-state index contributed by atoms with van der Waals surface area (Å²) in [5.74, 6) is -2.43. The van der Waals surface area contributed by atoms with E-state index in [0.29, 0.717) is 6.61 Å². The van der Waals surface area contributed by atoms with Gasteiger partial charge in [-0.2, -0.15) is 13.2 Å². The molecule has 0 amide bonds. The van der Waals surface area contributed by atoms with Crippen LogP contribution in [0.1, 0.15) is 34.4 Å². The summed E-state index contributed by atoms with van der Waals surface area (Å²) in [6.45, 7) is 0.974. The van der Waals surface area contributed by atoms with Gasteiger partial charge < -0.3 is 23.4 Å². The molecule has 10 heteroatoms. The van der Waals surface area contributed by atoms with Crippen molar-refractivity contribution in [3.63, 3.8) is 0 Å². The van der Waals surface area contributed by atoms with Gasteiger partial charge in [0.05, 0.1) is 39.0 Å². The first-order valence-corrected chi connectivity index (χ1v) is 12.9. The Kier molecular flexibility index (Phi) is 9.22. The number of benzene rings is 3. The van der Waals surface area contributed by atoms with E-state index in [1.54, 1.807) is 0 Å². The molecule has 1 aliphatic rings. The van der Waals surface area contributed by atoms with Crippen molar-refractivity contribution in [1.29, 1.82) is 0 Å². The first-order valence-electron chi connectivity index (χ1n) is 12.9. The molecule has 5 rings (SSSR count). The lowest BCUT2D eigenvalue weighted by molar-refractivity contribution is -0.209. The van der Waals surface area contributed by atoms with Crippen molar-refractivity contribution >= 4 is 0 Å². The van der Waals surface area contributed by atoms with Gasteiger partial charge in [-0.05, 0) is 16.7 Å². The summed E-state index contributed by atoms with van der Waals surface area (Å²) in [4.78, 5) is 0. The third kappa shape index (κ3) is 7.33. The quantitative estimate of drug-likeness (QED) is 0.227. The molecular formula is C30H29F3N2O5. The lowest BCUT2D eigenvalue weighted by Gasteiger charge is -2.41. The molecule has 7 nitrogen and oxygen atoms in total. The maximum atomic E-state index is 13.3. The van der Waals surface area contributed by atoms with Crippen molar-refractivity contribution in [1.82, 2.24) is 10.2 Å². The molecule has 1 aromatic heterocycles. The Hall–Kier alpha value is -3.57. The van der Waals surface area contributed by atoms with E-state index >= 15 is 0 Å². The Morgan fingerprint density at radius 3 is 1.75 bits per heavy atom. The van der Waals surface area contributed by atoms with Gasteiger partial charge in [0.2, 0.25) is 5.89 Å². The molecule has 2 heterocycles. The Morgan fingerprint density at radius 1 is 0.700 bits per heavy atom. The van der Waals surface area contributed by atoms with Gasteiger partial charge in [0.1, 0.15) is 18.3 Å². The summed E-state index contributed by atoms with van der Waals surface area (Å²) in [5.41, 5.74) is 2.82. The van der Waals surface area contributed by atoms with Gasteiger partial charge in [0.25, 0.3) is 0 Å². The van der Waals surface area contributed by atoms with Gasteiger partial charge in [-0.1, -0.05) is 91.0 Å². The van der Waals surface area contributed by atoms with Crippen molar-refractivity contribution in [2.24, 2.45) is 0 Å². The summed E-state index contributed by atoms with van der Waals surface area (Å²) >= 11 is 0. The molecule has 40 heavy (non-hydrogen) atoms. The molecule has 1 aliphatic heterocycles. The van der Waals surface area contributed by atoms with Crippen LogP contribution in [-0.2, 0) is 44.9 Å². The molecule has 0 saturated carbocycles. The van der Waals surface area contributed by atoms with Crippen molar-refractivity contribution in [3.8, 4) is 0 Å². The standard InChI is InChI=1S/C30H29F3N2O5/c31-30(32,33)29-35-34-28(40-29)24-19-37-25(20-36-16-21-10-4-1-5-11-21)27(39-18-23-14-8-3-9-15-23)26(24)38-17-22-12-6-2-7-13-22/h1-15,24-27H,16-20H2. The Labute approximate surface area is 229 Å². The molecule has 0 spiro atoms. The van der Waals surface area contributed by atoms with Crippen LogP contribution in [0.3, 0.4) is 0 Å². The molecule has 4 unspecified atom stereocenters. The molecule has 0 radical (unpaired) electrons. The van der Waals surface area contributed by atoms with E-state index in [2.05, 4.69) is 10.2 Å². The van der Waals surface area contributed by atoms with Crippen molar-refractivity contribution in [2.75, 3.05) is 13.2 Å². The molecule has 210 valence electrons.